The van der Waals surface area contributed by atoms with Gasteiger partial charge in [0.2, 0.25) is 5.91 Å². The van der Waals surface area contributed by atoms with Crippen molar-refractivity contribution in [2.75, 3.05) is 32.8 Å². The van der Waals surface area contributed by atoms with E-state index in [1.165, 1.54) is 11.1 Å². The van der Waals surface area contributed by atoms with Crippen LogP contribution < -0.4 is 4.74 Å². The Kier molecular flexibility index (Phi) is 6.11. The number of carbonyl (C=O) groups excluding carboxylic acids is 2. The monoisotopic (exact) mass is 448 g/mol. The normalized spacial score (nSPS) is 21.3. The molecule has 1 aliphatic carbocycles. The summed E-state index contributed by atoms with van der Waals surface area (Å²) >= 11 is 0. The summed E-state index contributed by atoms with van der Waals surface area (Å²) in [5.41, 5.74) is 4.65. The second-order valence-corrected chi connectivity index (χ2v) is 9.43. The first-order chi connectivity index (χ1) is 16.0. The van der Waals surface area contributed by atoms with Crippen molar-refractivity contribution in [2.24, 2.45) is 5.92 Å². The van der Waals surface area contributed by atoms with E-state index in [9.17, 15) is 9.59 Å². The molecule has 2 unspecified atom stereocenters. The van der Waals surface area contributed by atoms with Crippen molar-refractivity contribution in [1.29, 1.82) is 0 Å². The molecule has 1 saturated heterocycles. The third-order valence-electron chi connectivity index (χ3n) is 6.93. The summed E-state index contributed by atoms with van der Waals surface area (Å²) in [6.07, 6.45) is 2.24. The number of aryl methyl sites for hydroxylation is 1. The molecule has 6 heteroatoms. The van der Waals surface area contributed by atoms with Crippen molar-refractivity contribution in [3.8, 4) is 5.75 Å². The fraction of sp³-hybridized carbons (Fsp3) is 0.481. The van der Waals surface area contributed by atoms with Crippen molar-refractivity contribution in [2.45, 2.75) is 45.3 Å². The Balaban J connectivity index is 1.43. The molecule has 0 N–H and O–H groups in total. The number of hydrogen-bond donors (Lipinski definition) is 0. The van der Waals surface area contributed by atoms with Gasteiger partial charge in [-0.05, 0) is 61.9 Å². The molecule has 0 aromatic heterocycles. The van der Waals surface area contributed by atoms with E-state index in [2.05, 4.69) is 42.2 Å². The van der Waals surface area contributed by atoms with Crippen LogP contribution in [-0.4, -0.2) is 60.6 Å². The summed E-state index contributed by atoms with van der Waals surface area (Å²) in [4.78, 5) is 29.9. The highest BCUT2D eigenvalue weighted by molar-refractivity contribution is 5.82. The molecule has 6 nitrogen and oxygen atoms in total. The van der Waals surface area contributed by atoms with E-state index in [1.807, 2.05) is 12.1 Å². The lowest BCUT2D eigenvalue weighted by molar-refractivity contribution is -0.142. The fourth-order valence-corrected chi connectivity index (χ4v) is 4.87. The average Bonchev–Trinajstić information content (AvgIpc) is 3.69. The predicted octanol–water partition coefficient (Wildman–Crippen LogP) is 3.51. The number of fused-ring (bicyclic) bond motifs is 1. The van der Waals surface area contributed by atoms with E-state index >= 15 is 0 Å². The lowest BCUT2D eigenvalue weighted by Gasteiger charge is -2.38. The van der Waals surface area contributed by atoms with Crippen LogP contribution in [0.4, 0.5) is 0 Å². The quantitative estimate of drug-likeness (QED) is 0.703. The summed E-state index contributed by atoms with van der Waals surface area (Å²) in [5, 5.41) is 0. The minimum absolute atomic E-state index is 0.0170. The number of morpholine rings is 1. The van der Waals surface area contributed by atoms with E-state index in [4.69, 9.17) is 9.47 Å². The van der Waals surface area contributed by atoms with Crippen LogP contribution in [0.3, 0.4) is 0 Å². The van der Waals surface area contributed by atoms with Crippen LogP contribution in [0.25, 0.3) is 0 Å². The zero-order valence-corrected chi connectivity index (χ0v) is 19.5. The van der Waals surface area contributed by atoms with Gasteiger partial charge in [-0.25, -0.2) is 0 Å². The number of ether oxygens (including phenoxy) is 2. The molecule has 2 heterocycles. The summed E-state index contributed by atoms with van der Waals surface area (Å²) in [7, 11) is 0. The van der Waals surface area contributed by atoms with Crippen molar-refractivity contribution < 1.29 is 19.1 Å². The predicted molar refractivity (Wildman–Crippen MR) is 125 cm³/mol. The zero-order valence-electron chi connectivity index (χ0n) is 19.5. The van der Waals surface area contributed by atoms with Crippen molar-refractivity contribution in [3.05, 3.63) is 64.7 Å². The number of rotatable bonds is 5. The largest absolute Gasteiger partial charge is 0.481 e. The van der Waals surface area contributed by atoms with Gasteiger partial charge in [-0.3, -0.25) is 9.59 Å². The third kappa shape index (κ3) is 4.62. The van der Waals surface area contributed by atoms with Gasteiger partial charge in [0.25, 0.3) is 5.91 Å². The topological polar surface area (TPSA) is 59.1 Å². The molecule has 0 spiro atoms. The maximum Gasteiger partial charge on any atom is 0.263 e. The Morgan fingerprint density at radius 1 is 1.03 bits per heavy atom. The number of carbonyl (C=O) groups is 2. The first-order valence-corrected chi connectivity index (χ1v) is 12.0. The Bertz CT molecular complexity index is 1020. The molecule has 2 fully saturated rings. The first-order valence-electron chi connectivity index (χ1n) is 12.0. The number of amides is 2. The summed E-state index contributed by atoms with van der Waals surface area (Å²) in [5.74, 6) is 1.08. The van der Waals surface area contributed by atoms with Crippen LogP contribution in [0.2, 0.25) is 0 Å². The number of benzene rings is 2. The van der Waals surface area contributed by atoms with Gasteiger partial charge < -0.3 is 19.3 Å². The standard InChI is InChI=1S/C27H32N2O4/c1-18-3-5-21(6-4-18)25-24-17-23(33-19(2)26(30)28-13-15-32-16-14-28)10-9-20(24)11-12-29(25)27(31)22-7-8-22/h3-6,9-10,17,19,22,25H,7-8,11-16H2,1-2H3. The minimum atomic E-state index is -0.577. The van der Waals surface area contributed by atoms with Gasteiger partial charge in [-0.1, -0.05) is 35.9 Å². The average molecular weight is 449 g/mol. The highest BCUT2D eigenvalue weighted by Gasteiger charge is 2.39. The molecule has 3 aliphatic rings. The van der Waals surface area contributed by atoms with E-state index in [-0.39, 0.29) is 23.8 Å². The van der Waals surface area contributed by atoms with E-state index in [0.717, 1.165) is 36.9 Å². The Morgan fingerprint density at radius 2 is 1.76 bits per heavy atom. The maximum absolute atomic E-state index is 13.2. The molecule has 2 aromatic rings. The molecule has 2 amide bonds. The molecule has 1 saturated carbocycles. The maximum atomic E-state index is 13.2. The van der Waals surface area contributed by atoms with Gasteiger partial charge in [-0.2, -0.15) is 0 Å². The van der Waals surface area contributed by atoms with Crippen LogP contribution in [0, 0.1) is 12.8 Å². The van der Waals surface area contributed by atoms with Crippen molar-refractivity contribution in [3.63, 3.8) is 0 Å². The lowest BCUT2D eigenvalue weighted by atomic mass is 9.87. The Labute approximate surface area is 195 Å². The van der Waals surface area contributed by atoms with E-state index in [1.54, 1.807) is 11.8 Å². The highest BCUT2D eigenvalue weighted by atomic mass is 16.5. The van der Waals surface area contributed by atoms with E-state index in [0.29, 0.717) is 32.1 Å². The fourth-order valence-electron chi connectivity index (χ4n) is 4.87. The lowest BCUT2D eigenvalue weighted by Crippen LogP contribution is -2.46. The summed E-state index contributed by atoms with van der Waals surface area (Å²) in [6, 6.07) is 14.4. The van der Waals surface area contributed by atoms with Crippen LogP contribution in [-0.2, 0) is 20.7 Å². The Hall–Kier alpha value is -2.86. The molecule has 2 aromatic carbocycles. The van der Waals surface area contributed by atoms with Gasteiger partial charge in [-0.15, -0.1) is 0 Å². The second kappa shape index (κ2) is 9.18. The summed E-state index contributed by atoms with van der Waals surface area (Å²) < 4.78 is 11.5. The molecule has 0 bridgehead atoms. The van der Waals surface area contributed by atoms with Gasteiger partial charge in [0.05, 0.1) is 19.3 Å². The highest BCUT2D eigenvalue weighted by Crippen LogP contribution is 2.41. The van der Waals surface area contributed by atoms with Crippen LogP contribution in [0.5, 0.6) is 5.75 Å². The molecule has 2 aliphatic heterocycles. The van der Waals surface area contributed by atoms with Gasteiger partial charge in [0.15, 0.2) is 6.10 Å². The SMILES string of the molecule is Cc1ccc(C2c3cc(OC(C)C(=O)N4CCOCC4)ccc3CCN2C(=O)C2CC2)cc1. The minimum Gasteiger partial charge on any atom is -0.481 e. The Morgan fingerprint density at radius 3 is 2.45 bits per heavy atom. The van der Waals surface area contributed by atoms with Crippen LogP contribution >= 0.6 is 0 Å². The molecule has 2 atom stereocenters. The molecular weight excluding hydrogens is 416 g/mol. The summed E-state index contributed by atoms with van der Waals surface area (Å²) in [6.45, 7) is 6.95. The molecule has 5 rings (SSSR count). The van der Waals surface area contributed by atoms with Crippen molar-refractivity contribution in [1.82, 2.24) is 9.80 Å². The first kappa shape index (κ1) is 22.0. The number of hydrogen-bond acceptors (Lipinski definition) is 4. The molecule has 174 valence electrons. The molecular formula is C27H32N2O4. The van der Waals surface area contributed by atoms with Gasteiger partial charge >= 0.3 is 0 Å². The van der Waals surface area contributed by atoms with Gasteiger partial charge in [0, 0.05) is 25.6 Å². The van der Waals surface area contributed by atoms with Crippen molar-refractivity contribution >= 4 is 11.8 Å². The molecule has 0 radical (unpaired) electrons. The molecule has 33 heavy (non-hydrogen) atoms. The van der Waals surface area contributed by atoms with Gasteiger partial charge in [0.1, 0.15) is 5.75 Å². The smallest absolute Gasteiger partial charge is 0.263 e. The third-order valence-corrected chi connectivity index (χ3v) is 6.93. The van der Waals surface area contributed by atoms with Crippen LogP contribution in [0.1, 0.15) is 48.1 Å². The van der Waals surface area contributed by atoms with Crippen LogP contribution in [0.15, 0.2) is 42.5 Å². The zero-order chi connectivity index (χ0) is 22.9. The number of nitrogens with zero attached hydrogens (tertiary/aromatic N) is 2. The second-order valence-electron chi connectivity index (χ2n) is 9.43. The van der Waals surface area contributed by atoms with E-state index < -0.39 is 6.10 Å².